The minimum atomic E-state index is -5.08. The van der Waals surface area contributed by atoms with Crippen LogP contribution in [0.3, 0.4) is 0 Å². The number of benzene rings is 1. The number of pyridine rings is 1. The highest BCUT2D eigenvalue weighted by molar-refractivity contribution is 6.06. The molecule has 2 heterocycles. The number of alkyl halides is 3. The maximum absolute atomic E-state index is 11.4. The van der Waals surface area contributed by atoms with Crippen LogP contribution in [0.25, 0.3) is 10.9 Å². The second-order valence-electron chi connectivity index (χ2n) is 5.38. The molecule has 3 aromatic rings. The molecule has 0 bridgehead atoms. The van der Waals surface area contributed by atoms with Gasteiger partial charge in [0.1, 0.15) is 5.69 Å². The monoisotopic (exact) mass is 397 g/mol. The van der Waals surface area contributed by atoms with Crippen LogP contribution in [-0.4, -0.2) is 43.4 Å². The lowest BCUT2D eigenvalue weighted by Crippen LogP contribution is -2.21. The fraction of sp³-hybridized carbons (Fsp3) is 0.118. The van der Waals surface area contributed by atoms with Crippen molar-refractivity contribution in [2.45, 2.75) is 12.8 Å². The Kier molecular flexibility index (Phi) is 6.21. The molecule has 0 spiro atoms. The van der Waals surface area contributed by atoms with Crippen LogP contribution in [-0.2, 0) is 11.4 Å². The van der Waals surface area contributed by atoms with Crippen LogP contribution >= 0.6 is 0 Å². The fourth-order valence-corrected chi connectivity index (χ4v) is 2.21. The summed E-state index contributed by atoms with van der Waals surface area (Å²) in [4.78, 5) is 27.1. The van der Waals surface area contributed by atoms with Crippen LogP contribution < -0.4 is 5.32 Å². The zero-order valence-corrected chi connectivity index (χ0v) is 14.0. The van der Waals surface area contributed by atoms with Crippen LogP contribution in [0.15, 0.2) is 42.7 Å². The van der Waals surface area contributed by atoms with Crippen molar-refractivity contribution < 1.29 is 38.1 Å². The molecule has 28 heavy (non-hydrogen) atoms. The minimum Gasteiger partial charge on any atom is -0.477 e. The Morgan fingerprint density at radius 1 is 1.11 bits per heavy atom. The summed E-state index contributed by atoms with van der Waals surface area (Å²) in [7, 11) is 0. The molecule has 5 N–H and O–H groups in total. The number of carboxylic acids is 2. The van der Waals surface area contributed by atoms with Gasteiger partial charge in [0.25, 0.3) is 0 Å². The first-order valence-electron chi connectivity index (χ1n) is 7.59. The highest BCUT2D eigenvalue weighted by Crippen LogP contribution is 2.31. The lowest BCUT2D eigenvalue weighted by molar-refractivity contribution is -0.192. The van der Waals surface area contributed by atoms with Gasteiger partial charge in [-0.05, 0) is 29.8 Å². The van der Waals surface area contributed by atoms with E-state index < -0.39 is 18.1 Å². The second-order valence-corrected chi connectivity index (χ2v) is 5.38. The van der Waals surface area contributed by atoms with Crippen LogP contribution in [0, 0.1) is 0 Å². The molecular formula is C17H14F3N3O5. The molecule has 0 aliphatic carbocycles. The molecule has 0 saturated carbocycles. The Labute approximate surface area is 155 Å². The number of fused-ring (bicyclic) bond motifs is 1. The van der Waals surface area contributed by atoms with Crippen molar-refractivity contribution in [3.63, 3.8) is 0 Å². The first-order chi connectivity index (χ1) is 13.1. The Balaban J connectivity index is 0.000000345. The van der Waals surface area contributed by atoms with E-state index in [1.165, 1.54) is 0 Å². The summed E-state index contributed by atoms with van der Waals surface area (Å²) in [6.45, 7) is -0.0990. The summed E-state index contributed by atoms with van der Waals surface area (Å²) in [6.07, 6.45) is -1.84. The zero-order chi connectivity index (χ0) is 20.9. The standard InChI is InChI=1S/C15H13N3O3.C2HF3O2/c19-8-9-1-2-12-11(7-9)13(14(18-12)15(20)21)17-10-3-5-16-6-4-10;3-2(4,5)1(6)7/h1-7,18-19H,8H2,(H,16,17)(H,20,21);(H,6,7). The van der Waals surface area contributed by atoms with E-state index in [1.807, 2.05) is 0 Å². The zero-order valence-electron chi connectivity index (χ0n) is 14.0. The van der Waals surface area contributed by atoms with Crippen molar-refractivity contribution in [1.82, 2.24) is 9.97 Å². The predicted molar refractivity (Wildman–Crippen MR) is 92.4 cm³/mol. The van der Waals surface area contributed by atoms with Crippen LogP contribution in [0.5, 0.6) is 0 Å². The highest BCUT2D eigenvalue weighted by atomic mass is 19.4. The molecule has 1 aromatic carbocycles. The molecule has 0 atom stereocenters. The number of aliphatic hydroxyl groups excluding tert-OH is 1. The molecule has 2 aromatic heterocycles. The number of aromatic amines is 1. The average molecular weight is 397 g/mol. The molecule has 0 amide bonds. The van der Waals surface area contributed by atoms with E-state index in [0.717, 1.165) is 16.6 Å². The summed E-state index contributed by atoms with van der Waals surface area (Å²) in [5.41, 5.74) is 2.70. The van der Waals surface area contributed by atoms with Gasteiger partial charge in [-0.1, -0.05) is 6.07 Å². The van der Waals surface area contributed by atoms with Gasteiger partial charge in [0, 0.05) is 29.0 Å². The molecule has 0 aliphatic heterocycles. The molecule has 0 fully saturated rings. The topological polar surface area (TPSA) is 136 Å². The van der Waals surface area contributed by atoms with E-state index in [9.17, 15) is 28.2 Å². The summed E-state index contributed by atoms with van der Waals surface area (Å²) in [5.74, 6) is -3.80. The number of aromatic carboxylic acids is 1. The molecule has 8 nitrogen and oxygen atoms in total. The van der Waals surface area contributed by atoms with E-state index in [1.54, 1.807) is 42.7 Å². The largest absolute Gasteiger partial charge is 0.490 e. The van der Waals surface area contributed by atoms with E-state index in [4.69, 9.17) is 9.90 Å². The van der Waals surface area contributed by atoms with Gasteiger partial charge in [-0.3, -0.25) is 4.98 Å². The van der Waals surface area contributed by atoms with Crippen molar-refractivity contribution in [2.24, 2.45) is 0 Å². The molecule has 0 unspecified atom stereocenters. The summed E-state index contributed by atoms with van der Waals surface area (Å²) < 4.78 is 31.7. The smallest absolute Gasteiger partial charge is 0.477 e. The first-order valence-corrected chi connectivity index (χ1v) is 7.59. The van der Waals surface area contributed by atoms with Gasteiger partial charge in [-0.2, -0.15) is 13.2 Å². The maximum Gasteiger partial charge on any atom is 0.490 e. The summed E-state index contributed by atoms with van der Waals surface area (Å²) in [5, 5.41) is 29.5. The number of aromatic nitrogens is 2. The highest BCUT2D eigenvalue weighted by Gasteiger charge is 2.38. The summed E-state index contributed by atoms with van der Waals surface area (Å²) >= 11 is 0. The third kappa shape index (κ3) is 4.98. The SMILES string of the molecule is O=C(O)C(F)(F)F.O=C(O)c1[nH]c2ccc(CO)cc2c1Nc1ccncc1. The van der Waals surface area contributed by atoms with Crippen molar-refractivity contribution in [3.8, 4) is 0 Å². The number of rotatable bonds is 4. The molecule has 11 heteroatoms. The number of H-pyrrole nitrogens is 1. The van der Waals surface area contributed by atoms with E-state index in [-0.39, 0.29) is 12.3 Å². The van der Waals surface area contributed by atoms with Crippen LogP contribution in [0.1, 0.15) is 16.1 Å². The number of nitrogens with zero attached hydrogens (tertiary/aromatic N) is 1. The van der Waals surface area contributed by atoms with E-state index in [0.29, 0.717) is 11.2 Å². The fourth-order valence-electron chi connectivity index (χ4n) is 2.21. The quantitative estimate of drug-likeness (QED) is 0.456. The van der Waals surface area contributed by atoms with Gasteiger partial charge in [-0.25, -0.2) is 9.59 Å². The van der Waals surface area contributed by atoms with E-state index >= 15 is 0 Å². The Morgan fingerprint density at radius 3 is 2.21 bits per heavy atom. The third-order valence-corrected chi connectivity index (χ3v) is 3.45. The number of hydrogen-bond acceptors (Lipinski definition) is 5. The lowest BCUT2D eigenvalue weighted by atomic mass is 10.1. The first kappa shape index (κ1) is 20.7. The van der Waals surface area contributed by atoms with Gasteiger partial charge in [0.2, 0.25) is 0 Å². The van der Waals surface area contributed by atoms with Gasteiger partial charge < -0.3 is 25.6 Å². The van der Waals surface area contributed by atoms with Gasteiger partial charge in [0.15, 0.2) is 0 Å². The number of carboxylic acid groups (broad SMARTS) is 2. The number of nitrogens with one attached hydrogen (secondary N) is 2. The van der Waals surface area contributed by atoms with E-state index in [2.05, 4.69) is 15.3 Å². The second kappa shape index (κ2) is 8.39. The number of aliphatic hydroxyl groups is 1. The van der Waals surface area contributed by atoms with Gasteiger partial charge in [-0.15, -0.1) is 0 Å². The number of anilines is 2. The minimum absolute atomic E-state index is 0.0805. The Bertz CT molecular complexity index is 987. The molecule has 148 valence electrons. The van der Waals surface area contributed by atoms with Crippen molar-refractivity contribution >= 4 is 34.2 Å². The lowest BCUT2D eigenvalue weighted by Gasteiger charge is -2.06. The number of halogens is 3. The van der Waals surface area contributed by atoms with Gasteiger partial charge >= 0.3 is 18.1 Å². The third-order valence-electron chi connectivity index (χ3n) is 3.45. The molecule has 3 rings (SSSR count). The summed E-state index contributed by atoms with van der Waals surface area (Å²) in [6, 6.07) is 8.77. The predicted octanol–water partition coefficient (Wildman–Crippen LogP) is 3.13. The number of aliphatic carboxylic acids is 1. The van der Waals surface area contributed by atoms with Gasteiger partial charge in [0.05, 0.1) is 12.3 Å². The molecule has 0 aliphatic rings. The normalized spacial score (nSPS) is 10.9. The maximum atomic E-state index is 11.4. The number of carbonyl (C=O) groups is 2. The van der Waals surface area contributed by atoms with Crippen molar-refractivity contribution in [3.05, 3.63) is 54.0 Å². The van der Waals surface area contributed by atoms with Crippen LogP contribution in [0.4, 0.5) is 24.5 Å². The van der Waals surface area contributed by atoms with Crippen LogP contribution in [0.2, 0.25) is 0 Å². The molecule has 0 saturated heterocycles. The molecule has 0 radical (unpaired) electrons. The Morgan fingerprint density at radius 2 is 1.71 bits per heavy atom. The number of hydrogen-bond donors (Lipinski definition) is 5. The average Bonchev–Trinajstić information content (AvgIpc) is 3.00. The Hall–Kier alpha value is -3.60. The molecular weight excluding hydrogens is 383 g/mol. The van der Waals surface area contributed by atoms with Crippen molar-refractivity contribution in [1.29, 1.82) is 0 Å². The van der Waals surface area contributed by atoms with Crippen molar-refractivity contribution in [2.75, 3.05) is 5.32 Å².